The zero-order valence-electron chi connectivity index (χ0n) is 21.3. The van der Waals surface area contributed by atoms with Crippen molar-refractivity contribution in [2.24, 2.45) is 5.92 Å². The van der Waals surface area contributed by atoms with Gasteiger partial charge >= 0.3 is 5.97 Å². The van der Waals surface area contributed by atoms with E-state index >= 15 is 0 Å². The fraction of sp³-hybridized carbons (Fsp3) is 0.448. The third-order valence-electron chi connectivity index (χ3n) is 8.16. The SMILES string of the molecule is COC(=O)C1(c2ccc(F)cc2)CCN(C(=O)c2c(C)n(CC3CCOCC3)c3ccc(Cl)cc23)CC1. The van der Waals surface area contributed by atoms with Crippen LogP contribution in [0.25, 0.3) is 10.9 Å². The lowest BCUT2D eigenvalue weighted by Gasteiger charge is -2.40. The van der Waals surface area contributed by atoms with Crippen molar-refractivity contribution >= 4 is 34.4 Å². The molecule has 0 saturated carbocycles. The highest BCUT2D eigenvalue weighted by Crippen LogP contribution is 2.38. The molecular formula is C29H32ClFN2O4. The topological polar surface area (TPSA) is 60.8 Å². The molecule has 3 heterocycles. The summed E-state index contributed by atoms with van der Waals surface area (Å²) in [5.74, 6) is -0.286. The first-order valence-corrected chi connectivity index (χ1v) is 13.2. The smallest absolute Gasteiger partial charge is 0.316 e. The van der Waals surface area contributed by atoms with Crippen LogP contribution in [0, 0.1) is 18.7 Å². The summed E-state index contributed by atoms with van der Waals surface area (Å²) in [6, 6.07) is 11.7. The largest absolute Gasteiger partial charge is 0.468 e. The highest BCUT2D eigenvalue weighted by molar-refractivity contribution is 6.31. The fourth-order valence-corrected chi connectivity index (χ4v) is 6.14. The van der Waals surface area contributed by atoms with Crippen LogP contribution in [0.4, 0.5) is 4.39 Å². The van der Waals surface area contributed by atoms with Gasteiger partial charge in [-0.2, -0.15) is 0 Å². The number of hydrogen-bond donors (Lipinski definition) is 0. The fourth-order valence-electron chi connectivity index (χ4n) is 5.97. The predicted octanol–water partition coefficient (Wildman–Crippen LogP) is 5.52. The molecule has 2 aliphatic heterocycles. The number of halogens is 2. The number of benzene rings is 2. The number of amides is 1. The van der Waals surface area contributed by atoms with Gasteiger partial charge in [-0.25, -0.2) is 4.39 Å². The van der Waals surface area contributed by atoms with Gasteiger partial charge in [0.2, 0.25) is 0 Å². The number of carbonyl (C=O) groups excluding carboxylic acids is 2. The molecule has 0 radical (unpaired) electrons. The Labute approximate surface area is 221 Å². The average Bonchev–Trinajstić information content (AvgIpc) is 3.18. The van der Waals surface area contributed by atoms with Crippen LogP contribution in [0.5, 0.6) is 0 Å². The highest BCUT2D eigenvalue weighted by Gasteiger charge is 2.45. The Hall–Kier alpha value is -2.90. The lowest BCUT2D eigenvalue weighted by molar-refractivity contribution is -0.149. The normalized spacial score (nSPS) is 18.2. The molecule has 0 atom stereocenters. The van der Waals surface area contributed by atoms with Crippen LogP contribution >= 0.6 is 11.6 Å². The van der Waals surface area contributed by atoms with E-state index < -0.39 is 5.41 Å². The Kier molecular flexibility index (Phi) is 7.28. The van der Waals surface area contributed by atoms with Gasteiger partial charge in [-0.15, -0.1) is 0 Å². The molecular weight excluding hydrogens is 495 g/mol. The zero-order valence-corrected chi connectivity index (χ0v) is 22.0. The zero-order chi connectivity index (χ0) is 26.2. The second-order valence-electron chi connectivity index (χ2n) is 10.2. The maximum Gasteiger partial charge on any atom is 0.316 e. The van der Waals surface area contributed by atoms with E-state index in [9.17, 15) is 14.0 Å². The second-order valence-corrected chi connectivity index (χ2v) is 10.6. The van der Waals surface area contributed by atoms with Crippen LogP contribution in [0.3, 0.4) is 0 Å². The molecule has 8 heteroatoms. The van der Waals surface area contributed by atoms with Crippen LogP contribution in [0.15, 0.2) is 42.5 Å². The van der Waals surface area contributed by atoms with Crippen molar-refractivity contribution in [3.63, 3.8) is 0 Å². The maximum absolute atomic E-state index is 14.0. The number of nitrogens with zero attached hydrogens (tertiary/aromatic N) is 2. The molecule has 196 valence electrons. The Morgan fingerprint density at radius 3 is 2.43 bits per heavy atom. The van der Waals surface area contributed by atoms with Gasteiger partial charge in [0.15, 0.2) is 0 Å². The highest BCUT2D eigenvalue weighted by atomic mass is 35.5. The summed E-state index contributed by atoms with van der Waals surface area (Å²) >= 11 is 6.37. The molecule has 0 N–H and O–H groups in total. The van der Waals surface area contributed by atoms with Crippen molar-refractivity contribution in [1.82, 2.24) is 9.47 Å². The van der Waals surface area contributed by atoms with Gasteiger partial charge < -0.3 is 18.9 Å². The summed E-state index contributed by atoms with van der Waals surface area (Å²) in [5, 5.41) is 1.44. The number of fused-ring (bicyclic) bond motifs is 1. The van der Waals surface area contributed by atoms with Crippen molar-refractivity contribution in [2.75, 3.05) is 33.4 Å². The van der Waals surface area contributed by atoms with E-state index in [0.717, 1.165) is 49.2 Å². The number of methoxy groups -OCH3 is 1. The van der Waals surface area contributed by atoms with E-state index in [0.29, 0.717) is 48.0 Å². The second kappa shape index (κ2) is 10.5. The Morgan fingerprint density at radius 2 is 1.78 bits per heavy atom. The minimum absolute atomic E-state index is 0.0620. The summed E-state index contributed by atoms with van der Waals surface area (Å²) in [5.41, 5.74) is 2.40. The summed E-state index contributed by atoms with van der Waals surface area (Å²) in [4.78, 5) is 28.7. The van der Waals surface area contributed by atoms with Crippen LogP contribution in [0.2, 0.25) is 5.02 Å². The van der Waals surface area contributed by atoms with E-state index in [1.807, 2.05) is 30.0 Å². The van der Waals surface area contributed by atoms with Gasteiger partial charge in [0.1, 0.15) is 5.82 Å². The first-order chi connectivity index (χ1) is 17.8. The number of likely N-dealkylation sites (tertiary alicyclic amines) is 1. The van der Waals surface area contributed by atoms with E-state index in [4.69, 9.17) is 21.1 Å². The van der Waals surface area contributed by atoms with Crippen LogP contribution < -0.4 is 0 Å². The molecule has 2 aliphatic rings. The first kappa shape index (κ1) is 25.7. The molecule has 6 nitrogen and oxygen atoms in total. The lowest BCUT2D eigenvalue weighted by Crippen LogP contribution is -2.49. The molecule has 0 aliphatic carbocycles. The molecule has 2 aromatic carbocycles. The number of hydrogen-bond acceptors (Lipinski definition) is 4. The Morgan fingerprint density at radius 1 is 1.11 bits per heavy atom. The molecule has 0 bridgehead atoms. The molecule has 5 rings (SSSR count). The summed E-state index contributed by atoms with van der Waals surface area (Å²) in [6.07, 6.45) is 2.80. The standard InChI is InChI=1S/C29H32ClFN2O4/c1-19-26(24-17-22(30)5-8-25(24)33(19)18-20-9-15-37-16-10-20)27(34)32-13-11-29(12-14-32,28(35)36-2)21-3-6-23(31)7-4-21/h3-8,17,20H,9-16,18H2,1-2H3. The number of carbonyl (C=O) groups is 2. The van der Waals surface area contributed by atoms with Crippen molar-refractivity contribution in [1.29, 1.82) is 0 Å². The van der Waals surface area contributed by atoms with E-state index in [1.54, 1.807) is 12.1 Å². The molecule has 2 saturated heterocycles. The van der Waals surface area contributed by atoms with Crippen molar-refractivity contribution in [3.05, 3.63) is 70.1 Å². The van der Waals surface area contributed by atoms with Gasteiger partial charge in [-0.05, 0) is 74.4 Å². The first-order valence-electron chi connectivity index (χ1n) is 12.8. The third-order valence-corrected chi connectivity index (χ3v) is 8.39. The van der Waals surface area contributed by atoms with Crippen molar-refractivity contribution in [3.8, 4) is 0 Å². The number of aromatic nitrogens is 1. The van der Waals surface area contributed by atoms with Crippen molar-refractivity contribution in [2.45, 2.75) is 44.6 Å². The van der Waals surface area contributed by atoms with E-state index in [1.165, 1.54) is 19.2 Å². The van der Waals surface area contributed by atoms with E-state index in [2.05, 4.69) is 4.57 Å². The van der Waals surface area contributed by atoms with Crippen molar-refractivity contribution < 1.29 is 23.5 Å². The quantitative estimate of drug-likeness (QED) is 0.411. The minimum atomic E-state index is -0.908. The lowest BCUT2D eigenvalue weighted by atomic mass is 9.72. The molecule has 1 amide bonds. The molecule has 0 unspecified atom stereocenters. The van der Waals surface area contributed by atoms with Crippen LogP contribution in [-0.2, 0) is 26.2 Å². The average molecular weight is 527 g/mol. The number of rotatable bonds is 5. The molecule has 1 aromatic heterocycles. The Balaban J connectivity index is 1.44. The van der Waals surface area contributed by atoms with Crippen LogP contribution in [0.1, 0.15) is 47.3 Å². The van der Waals surface area contributed by atoms with Gasteiger partial charge in [0, 0.05) is 54.5 Å². The van der Waals surface area contributed by atoms with Gasteiger partial charge in [0.05, 0.1) is 18.1 Å². The molecule has 37 heavy (non-hydrogen) atoms. The summed E-state index contributed by atoms with van der Waals surface area (Å²) in [6.45, 7) is 5.14. The minimum Gasteiger partial charge on any atom is -0.468 e. The van der Waals surface area contributed by atoms with Crippen LogP contribution in [-0.4, -0.2) is 54.8 Å². The Bertz CT molecular complexity index is 1310. The number of piperidine rings is 1. The summed E-state index contributed by atoms with van der Waals surface area (Å²) < 4.78 is 26.5. The maximum atomic E-state index is 14.0. The predicted molar refractivity (Wildman–Crippen MR) is 140 cm³/mol. The van der Waals surface area contributed by atoms with Gasteiger partial charge in [-0.3, -0.25) is 9.59 Å². The number of esters is 1. The van der Waals surface area contributed by atoms with Gasteiger partial charge in [-0.1, -0.05) is 23.7 Å². The molecule has 0 spiro atoms. The molecule has 3 aromatic rings. The van der Waals surface area contributed by atoms with E-state index in [-0.39, 0.29) is 17.7 Å². The summed E-state index contributed by atoms with van der Waals surface area (Å²) in [7, 11) is 1.37. The van der Waals surface area contributed by atoms with Gasteiger partial charge in [0.25, 0.3) is 5.91 Å². The third kappa shape index (κ3) is 4.75. The monoisotopic (exact) mass is 526 g/mol. The number of ether oxygens (including phenoxy) is 2. The molecule has 2 fully saturated rings.